The lowest BCUT2D eigenvalue weighted by Gasteiger charge is -2.31. The van der Waals surface area contributed by atoms with Gasteiger partial charge in [-0.3, -0.25) is 14.4 Å². The Kier molecular flexibility index (Phi) is 7.88. The van der Waals surface area contributed by atoms with Crippen LogP contribution in [-0.2, 0) is 16.0 Å². The van der Waals surface area contributed by atoms with Crippen molar-refractivity contribution < 1.29 is 18.8 Å². The maximum absolute atomic E-state index is 13.4. The maximum atomic E-state index is 13.4. The molecule has 6 nitrogen and oxygen atoms in total. The fourth-order valence-electron chi connectivity index (χ4n) is 4.20. The SMILES string of the molecule is O=C(Nc1cccc(F)c1)c1cccc(NC(=O)C2CCN(C(=O)CCc3ccccc3)CC2)c1. The molecule has 1 heterocycles. The first-order valence-electron chi connectivity index (χ1n) is 11.8. The lowest BCUT2D eigenvalue weighted by atomic mass is 9.95. The van der Waals surface area contributed by atoms with E-state index in [1.807, 2.05) is 35.2 Å². The predicted molar refractivity (Wildman–Crippen MR) is 133 cm³/mol. The molecule has 0 unspecified atom stereocenters. The van der Waals surface area contributed by atoms with Gasteiger partial charge in [0.15, 0.2) is 0 Å². The number of amides is 3. The first-order valence-corrected chi connectivity index (χ1v) is 11.8. The number of carbonyl (C=O) groups is 3. The summed E-state index contributed by atoms with van der Waals surface area (Å²) in [6.07, 6.45) is 2.37. The van der Waals surface area contributed by atoms with Gasteiger partial charge in [-0.2, -0.15) is 0 Å². The van der Waals surface area contributed by atoms with Gasteiger partial charge in [0, 0.05) is 42.4 Å². The Morgan fingerprint density at radius 1 is 0.829 bits per heavy atom. The molecule has 0 bridgehead atoms. The number of halogens is 1. The molecule has 3 amide bonds. The number of anilines is 2. The van der Waals surface area contributed by atoms with Crippen LogP contribution >= 0.6 is 0 Å². The molecule has 0 radical (unpaired) electrons. The number of carbonyl (C=O) groups excluding carboxylic acids is 3. The Morgan fingerprint density at radius 2 is 1.51 bits per heavy atom. The van der Waals surface area contributed by atoms with E-state index in [2.05, 4.69) is 10.6 Å². The van der Waals surface area contributed by atoms with Crippen molar-refractivity contribution in [3.05, 3.63) is 95.8 Å². The molecule has 0 atom stereocenters. The molecule has 4 rings (SSSR count). The smallest absolute Gasteiger partial charge is 0.255 e. The quantitative estimate of drug-likeness (QED) is 0.513. The van der Waals surface area contributed by atoms with Crippen molar-refractivity contribution in [2.24, 2.45) is 5.92 Å². The van der Waals surface area contributed by atoms with Gasteiger partial charge < -0.3 is 15.5 Å². The van der Waals surface area contributed by atoms with E-state index in [9.17, 15) is 18.8 Å². The van der Waals surface area contributed by atoms with E-state index >= 15 is 0 Å². The highest BCUT2D eigenvalue weighted by Crippen LogP contribution is 2.21. The van der Waals surface area contributed by atoms with E-state index in [-0.39, 0.29) is 17.7 Å². The largest absolute Gasteiger partial charge is 0.343 e. The molecule has 1 saturated heterocycles. The third kappa shape index (κ3) is 6.76. The molecule has 1 aliphatic rings. The number of hydrogen-bond donors (Lipinski definition) is 2. The molecule has 1 fully saturated rings. The molecule has 3 aromatic carbocycles. The van der Waals surface area contributed by atoms with Gasteiger partial charge in [-0.05, 0) is 61.2 Å². The van der Waals surface area contributed by atoms with E-state index in [4.69, 9.17) is 0 Å². The normalized spacial score (nSPS) is 13.8. The minimum Gasteiger partial charge on any atom is -0.343 e. The van der Waals surface area contributed by atoms with E-state index in [0.717, 1.165) is 5.56 Å². The highest BCUT2D eigenvalue weighted by atomic mass is 19.1. The van der Waals surface area contributed by atoms with Crippen LogP contribution in [0.1, 0.15) is 35.2 Å². The van der Waals surface area contributed by atoms with Gasteiger partial charge in [0.1, 0.15) is 5.82 Å². The average molecular weight is 474 g/mol. The summed E-state index contributed by atoms with van der Waals surface area (Å²) in [5.74, 6) is -1.03. The summed E-state index contributed by atoms with van der Waals surface area (Å²) in [5.41, 5.74) is 2.37. The number of nitrogens with one attached hydrogen (secondary N) is 2. The van der Waals surface area contributed by atoms with Crippen LogP contribution in [-0.4, -0.2) is 35.7 Å². The van der Waals surface area contributed by atoms with Gasteiger partial charge in [-0.1, -0.05) is 42.5 Å². The van der Waals surface area contributed by atoms with Crippen molar-refractivity contribution in [1.82, 2.24) is 4.90 Å². The molecule has 2 N–H and O–H groups in total. The number of rotatable bonds is 7. The number of nitrogens with zero attached hydrogens (tertiary/aromatic N) is 1. The first-order chi connectivity index (χ1) is 17.0. The fraction of sp³-hybridized carbons (Fsp3) is 0.250. The molecule has 35 heavy (non-hydrogen) atoms. The molecule has 0 aromatic heterocycles. The molecular weight excluding hydrogens is 445 g/mol. The Bertz CT molecular complexity index is 1190. The Hall–Kier alpha value is -4.00. The molecule has 0 aliphatic carbocycles. The van der Waals surface area contributed by atoms with Crippen molar-refractivity contribution in [3.63, 3.8) is 0 Å². The summed E-state index contributed by atoms with van der Waals surface area (Å²) < 4.78 is 13.4. The minimum atomic E-state index is -0.437. The van der Waals surface area contributed by atoms with E-state index in [1.54, 1.807) is 30.3 Å². The first kappa shape index (κ1) is 24.1. The van der Waals surface area contributed by atoms with Gasteiger partial charge in [0.25, 0.3) is 5.91 Å². The lowest BCUT2D eigenvalue weighted by Crippen LogP contribution is -2.41. The molecule has 0 spiro atoms. The van der Waals surface area contributed by atoms with Gasteiger partial charge in [0.2, 0.25) is 11.8 Å². The van der Waals surface area contributed by atoms with Crippen molar-refractivity contribution in [2.45, 2.75) is 25.7 Å². The Balaban J connectivity index is 1.26. The highest BCUT2D eigenvalue weighted by molar-refractivity contribution is 6.05. The van der Waals surface area contributed by atoms with Gasteiger partial charge in [-0.15, -0.1) is 0 Å². The van der Waals surface area contributed by atoms with Crippen LogP contribution < -0.4 is 10.6 Å². The average Bonchev–Trinajstić information content (AvgIpc) is 2.88. The number of benzene rings is 3. The maximum Gasteiger partial charge on any atom is 0.255 e. The van der Waals surface area contributed by atoms with Crippen LogP contribution in [0, 0.1) is 11.7 Å². The number of hydrogen-bond acceptors (Lipinski definition) is 3. The third-order valence-corrected chi connectivity index (χ3v) is 6.16. The zero-order valence-corrected chi connectivity index (χ0v) is 19.4. The number of likely N-dealkylation sites (tertiary alicyclic amines) is 1. The number of piperidine rings is 1. The van der Waals surface area contributed by atoms with E-state index in [0.29, 0.717) is 55.7 Å². The summed E-state index contributed by atoms with van der Waals surface area (Å²) >= 11 is 0. The lowest BCUT2D eigenvalue weighted by molar-refractivity contribution is -0.134. The van der Waals surface area contributed by atoms with E-state index < -0.39 is 11.7 Å². The van der Waals surface area contributed by atoms with Crippen LogP contribution in [0.3, 0.4) is 0 Å². The third-order valence-electron chi connectivity index (χ3n) is 6.16. The van der Waals surface area contributed by atoms with E-state index in [1.165, 1.54) is 18.2 Å². The molecular formula is C28H28FN3O3. The second-order valence-electron chi connectivity index (χ2n) is 8.68. The van der Waals surface area contributed by atoms with Crippen molar-refractivity contribution in [2.75, 3.05) is 23.7 Å². The van der Waals surface area contributed by atoms with Crippen molar-refractivity contribution in [3.8, 4) is 0 Å². The molecule has 3 aromatic rings. The van der Waals surface area contributed by atoms with Crippen molar-refractivity contribution >= 4 is 29.1 Å². The summed E-state index contributed by atoms with van der Waals surface area (Å²) in [6, 6.07) is 22.2. The molecule has 1 aliphatic heterocycles. The van der Waals surface area contributed by atoms with Gasteiger partial charge >= 0.3 is 0 Å². The summed E-state index contributed by atoms with van der Waals surface area (Å²) in [4.78, 5) is 39.7. The van der Waals surface area contributed by atoms with Crippen LogP contribution in [0.5, 0.6) is 0 Å². The van der Waals surface area contributed by atoms with Crippen LogP contribution in [0.25, 0.3) is 0 Å². The van der Waals surface area contributed by atoms with Crippen LogP contribution in [0.4, 0.5) is 15.8 Å². The monoisotopic (exact) mass is 473 g/mol. The minimum absolute atomic E-state index is 0.115. The summed E-state index contributed by atoms with van der Waals surface area (Å²) in [5, 5.41) is 5.54. The zero-order chi connectivity index (χ0) is 24.6. The second-order valence-corrected chi connectivity index (χ2v) is 8.68. The summed E-state index contributed by atoms with van der Waals surface area (Å²) in [6.45, 7) is 1.11. The van der Waals surface area contributed by atoms with Crippen LogP contribution in [0.15, 0.2) is 78.9 Å². The Labute approximate surface area is 204 Å². The standard InChI is InChI=1S/C28H28FN3O3/c29-23-9-5-11-25(19-23)31-28(35)22-8-4-10-24(18-22)30-27(34)21-14-16-32(17-15-21)26(33)13-12-20-6-2-1-3-7-20/h1-11,18-19,21H,12-17H2,(H,30,34)(H,31,35). The van der Waals surface area contributed by atoms with Gasteiger partial charge in [-0.25, -0.2) is 4.39 Å². The fourth-order valence-corrected chi connectivity index (χ4v) is 4.20. The zero-order valence-electron chi connectivity index (χ0n) is 19.4. The number of aryl methyl sites for hydroxylation is 1. The predicted octanol–water partition coefficient (Wildman–Crippen LogP) is 4.89. The molecule has 7 heteroatoms. The van der Waals surface area contributed by atoms with Crippen molar-refractivity contribution in [1.29, 1.82) is 0 Å². The van der Waals surface area contributed by atoms with Gasteiger partial charge in [0.05, 0.1) is 0 Å². The molecule has 180 valence electrons. The Morgan fingerprint density at radius 3 is 2.23 bits per heavy atom. The molecule has 0 saturated carbocycles. The highest BCUT2D eigenvalue weighted by Gasteiger charge is 2.27. The summed E-state index contributed by atoms with van der Waals surface area (Å²) in [7, 11) is 0. The second kappa shape index (κ2) is 11.4. The van der Waals surface area contributed by atoms with Crippen LogP contribution in [0.2, 0.25) is 0 Å². The topological polar surface area (TPSA) is 78.5 Å².